The highest BCUT2D eigenvalue weighted by atomic mass is 16.1. The number of unbranched alkanes of at least 4 members (excludes halogenated alkanes) is 13. The van der Waals surface area contributed by atoms with Gasteiger partial charge in [0.2, 0.25) is 5.91 Å². The van der Waals surface area contributed by atoms with E-state index in [4.69, 9.17) is 0 Å². The SMILES string of the molecule is C=NC(=O)CCCCCCCCCCCCCCCC. The largest absolute Gasteiger partial charge is 0.273 e. The summed E-state index contributed by atoms with van der Waals surface area (Å²) in [5.74, 6) is -0.0519. The highest BCUT2D eigenvalue weighted by Crippen LogP contribution is 2.13. The van der Waals surface area contributed by atoms with Crippen LogP contribution < -0.4 is 0 Å². The van der Waals surface area contributed by atoms with E-state index in [0.29, 0.717) is 6.42 Å². The Morgan fingerprint density at radius 1 is 0.700 bits per heavy atom. The Morgan fingerprint density at radius 3 is 1.40 bits per heavy atom. The molecule has 0 aliphatic carbocycles. The summed E-state index contributed by atoms with van der Waals surface area (Å²) in [7, 11) is 0. The van der Waals surface area contributed by atoms with Crippen LogP contribution in [0.4, 0.5) is 0 Å². The van der Waals surface area contributed by atoms with Crippen LogP contribution in [0.2, 0.25) is 0 Å². The molecule has 0 spiro atoms. The summed E-state index contributed by atoms with van der Waals surface area (Å²) in [6.45, 7) is 5.52. The van der Waals surface area contributed by atoms with E-state index in [-0.39, 0.29) is 5.91 Å². The third-order valence-electron chi connectivity index (χ3n) is 3.92. The fourth-order valence-corrected chi connectivity index (χ4v) is 2.55. The fourth-order valence-electron chi connectivity index (χ4n) is 2.55. The van der Waals surface area contributed by atoms with Gasteiger partial charge in [0, 0.05) is 6.42 Å². The van der Waals surface area contributed by atoms with E-state index < -0.39 is 0 Å². The van der Waals surface area contributed by atoms with Gasteiger partial charge in [-0.2, -0.15) is 0 Å². The normalized spacial score (nSPS) is 10.7. The third kappa shape index (κ3) is 15.4. The topological polar surface area (TPSA) is 29.4 Å². The first kappa shape index (κ1) is 19.3. The average molecular weight is 281 g/mol. The lowest BCUT2D eigenvalue weighted by Crippen LogP contribution is -1.91. The molecule has 20 heavy (non-hydrogen) atoms. The van der Waals surface area contributed by atoms with Gasteiger partial charge in [-0.1, -0.05) is 90.4 Å². The lowest BCUT2D eigenvalue weighted by molar-refractivity contribution is -0.117. The van der Waals surface area contributed by atoms with Crippen LogP contribution in [-0.2, 0) is 4.79 Å². The fraction of sp³-hybridized carbons (Fsp3) is 0.889. The van der Waals surface area contributed by atoms with Gasteiger partial charge in [-0.25, -0.2) is 4.99 Å². The Morgan fingerprint density at radius 2 is 1.05 bits per heavy atom. The molecule has 118 valence electrons. The molecule has 0 aliphatic rings. The van der Waals surface area contributed by atoms with Crippen LogP contribution in [-0.4, -0.2) is 12.6 Å². The maximum atomic E-state index is 10.9. The van der Waals surface area contributed by atoms with E-state index in [2.05, 4.69) is 18.6 Å². The molecule has 2 heteroatoms. The Hall–Kier alpha value is -0.660. The van der Waals surface area contributed by atoms with Crippen LogP contribution in [0.3, 0.4) is 0 Å². The molecular formula is C18H35NO. The maximum Gasteiger partial charge on any atom is 0.245 e. The van der Waals surface area contributed by atoms with E-state index in [1.165, 1.54) is 83.5 Å². The molecule has 0 aromatic rings. The minimum absolute atomic E-state index is 0.0519. The average Bonchev–Trinajstić information content (AvgIpc) is 2.47. The molecule has 0 unspecified atom stereocenters. The van der Waals surface area contributed by atoms with E-state index >= 15 is 0 Å². The second-order valence-electron chi connectivity index (χ2n) is 5.90. The highest BCUT2D eigenvalue weighted by Gasteiger charge is 1.97. The van der Waals surface area contributed by atoms with Crippen molar-refractivity contribution < 1.29 is 4.79 Å². The summed E-state index contributed by atoms with van der Waals surface area (Å²) in [6, 6.07) is 0. The molecule has 0 heterocycles. The number of nitrogens with zero attached hydrogens (tertiary/aromatic N) is 1. The number of aliphatic imine (C=N–C) groups is 1. The van der Waals surface area contributed by atoms with E-state index in [1.54, 1.807) is 0 Å². The minimum atomic E-state index is -0.0519. The number of amides is 1. The van der Waals surface area contributed by atoms with Gasteiger partial charge in [0.1, 0.15) is 0 Å². The van der Waals surface area contributed by atoms with E-state index in [9.17, 15) is 4.79 Å². The number of carbonyl (C=O) groups is 1. The van der Waals surface area contributed by atoms with Crippen molar-refractivity contribution in [3.63, 3.8) is 0 Å². The van der Waals surface area contributed by atoms with Crippen molar-refractivity contribution in [1.82, 2.24) is 0 Å². The molecule has 0 aromatic heterocycles. The van der Waals surface area contributed by atoms with Gasteiger partial charge in [0.25, 0.3) is 0 Å². The molecule has 0 saturated heterocycles. The van der Waals surface area contributed by atoms with Crippen molar-refractivity contribution in [2.45, 2.75) is 103 Å². The van der Waals surface area contributed by atoms with Gasteiger partial charge in [0.15, 0.2) is 0 Å². The van der Waals surface area contributed by atoms with Gasteiger partial charge in [-0.15, -0.1) is 0 Å². The Bertz CT molecular complexity index is 225. The lowest BCUT2D eigenvalue weighted by atomic mass is 10.0. The molecule has 0 fully saturated rings. The lowest BCUT2D eigenvalue weighted by Gasteiger charge is -2.02. The highest BCUT2D eigenvalue weighted by molar-refractivity contribution is 5.80. The Labute approximate surface area is 126 Å². The predicted octanol–water partition coefficient (Wildman–Crippen LogP) is 6.09. The van der Waals surface area contributed by atoms with Crippen molar-refractivity contribution in [3.8, 4) is 0 Å². The molecule has 0 radical (unpaired) electrons. The molecule has 0 N–H and O–H groups in total. The smallest absolute Gasteiger partial charge is 0.245 e. The van der Waals surface area contributed by atoms with E-state index in [0.717, 1.165) is 6.42 Å². The van der Waals surface area contributed by atoms with Crippen LogP contribution >= 0.6 is 0 Å². The monoisotopic (exact) mass is 281 g/mol. The summed E-state index contributed by atoms with van der Waals surface area (Å²) < 4.78 is 0. The summed E-state index contributed by atoms with van der Waals surface area (Å²) in [5.41, 5.74) is 0. The molecule has 0 bridgehead atoms. The van der Waals surface area contributed by atoms with Crippen LogP contribution in [0.5, 0.6) is 0 Å². The van der Waals surface area contributed by atoms with Crippen molar-refractivity contribution in [3.05, 3.63) is 0 Å². The van der Waals surface area contributed by atoms with Gasteiger partial charge >= 0.3 is 0 Å². The maximum absolute atomic E-state index is 10.9. The summed E-state index contributed by atoms with van der Waals surface area (Å²) in [4.78, 5) is 14.3. The zero-order valence-corrected chi connectivity index (χ0v) is 13.7. The first-order valence-electron chi connectivity index (χ1n) is 8.80. The number of hydrogen-bond acceptors (Lipinski definition) is 1. The summed E-state index contributed by atoms with van der Waals surface area (Å²) >= 11 is 0. The van der Waals surface area contributed by atoms with Crippen molar-refractivity contribution in [2.75, 3.05) is 0 Å². The van der Waals surface area contributed by atoms with Gasteiger partial charge in [-0.05, 0) is 13.1 Å². The van der Waals surface area contributed by atoms with Crippen LogP contribution in [0, 0.1) is 0 Å². The Kier molecular flexibility index (Phi) is 15.9. The molecular weight excluding hydrogens is 246 g/mol. The van der Waals surface area contributed by atoms with Crippen LogP contribution in [0.1, 0.15) is 103 Å². The molecule has 1 amide bonds. The van der Waals surface area contributed by atoms with Crippen molar-refractivity contribution >= 4 is 12.6 Å². The van der Waals surface area contributed by atoms with Crippen LogP contribution in [0.25, 0.3) is 0 Å². The Balaban J connectivity index is 2.99. The first-order chi connectivity index (χ1) is 9.81. The predicted molar refractivity (Wildman–Crippen MR) is 89.5 cm³/mol. The zero-order valence-electron chi connectivity index (χ0n) is 13.7. The second-order valence-corrected chi connectivity index (χ2v) is 5.90. The second kappa shape index (κ2) is 16.4. The molecule has 0 atom stereocenters. The van der Waals surface area contributed by atoms with Gasteiger partial charge in [0.05, 0.1) is 0 Å². The molecule has 0 rings (SSSR count). The minimum Gasteiger partial charge on any atom is -0.273 e. The third-order valence-corrected chi connectivity index (χ3v) is 3.92. The van der Waals surface area contributed by atoms with Crippen molar-refractivity contribution in [2.24, 2.45) is 4.99 Å². The van der Waals surface area contributed by atoms with Gasteiger partial charge < -0.3 is 0 Å². The van der Waals surface area contributed by atoms with Gasteiger partial charge in [-0.3, -0.25) is 4.79 Å². The number of rotatable bonds is 15. The molecule has 0 saturated carbocycles. The standard InChI is InChI=1S/C18H35NO/c1-3-4-5-6-7-8-9-10-11-12-13-14-15-16-17-18(20)19-2/h2-17H2,1H3. The summed E-state index contributed by atoms with van der Waals surface area (Å²) in [5, 5.41) is 0. The molecule has 0 aromatic carbocycles. The quantitative estimate of drug-likeness (QED) is 0.264. The molecule has 2 nitrogen and oxygen atoms in total. The van der Waals surface area contributed by atoms with Crippen LogP contribution in [0.15, 0.2) is 4.99 Å². The van der Waals surface area contributed by atoms with Crippen molar-refractivity contribution in [1.29, 1.82) is 0 Å². The number of carbonyl (C=O) groups excluding carboxylic acids is 1. The zero-order chi connectivity index (χ0) is 14.9. The van der Waals surface area contributed by atoms with E-state index in [1.807, 2.05) is 0 Å². The number of hydrogen-bond donors (Lipinski definition) is 0. The first-order valence-corrected chi connectivity index (χ1v) is 8.80. The molecule has 0 aliphatic heterocycles. The summed E-state index contributed by atoms with van der Waals surface area (Å²) in [6.07, 6.45) is 19.4.